The minimum Gasteiger partial charge on any atom is -0.378 e. The number of likely N-dealkylation sites (tertiary alicyclic amines) is 1. The van der Waals surface area contributed by atoms with Gasteiger partial charge in [-0.05, 0) is 26.8 Å². The number of hydrogen-bond donors (Lipinski definition) is 1. The lowest BCUT2D eigenvalue weighted by atomic mass is 10.2. The summed E-state index contributed by atoms with van der Waals surface area (Å²) in [7, 11) is 1.71. The lowest BCUT2D eigenvalue weighted by Crippen LogP contribution is -2.44. The Labute approximate surface area is 126 Å². The van der Waals surface area contributed by atoms with E-state index in [9.17, 15) is 4.79 Å². The first kappa shape index (κ1) is 16.0. The summed E-state index contributed by atoms with van der Waals surface area (Å²) >= 11 is 0. The van der Waals surface area contributed by atoms with Crippen molar-refractivity contribution in [1.82, 2.24) is 20.0 Å². The lowest BCUT2D eigenvalue weighted by molar-refractivity contribution is -0.122. The van der Waals surface area contributed by atoms with Crippen LogP contribution in [0.3, 0.4) is 0 Å². The number of nitrogens with zero attached hydrogens (tertiary/aromatic N) is 3. The van der Waals surface area contributed by atoms with E-state index < -0.39 is 0 Å². The van der Waals surface area contributed by atoms with Gasteiger partial charge in [-0.15, -0.1) is 0 Å². The molecular formula is C15H26N4O2. The second kappa shape index (κ2) is 7.04. The molecule has 6 nitrogen and oxygen atoms in total. The summed E-state index contributed by atoms with van der Waals surface area (Å²) in [4.78, 5) is 14.4. The van der Waals surface area contributed by atoms with Crippen molar-refractivity contribution in [1.29, 1.82) is 0 Å². The van der Waals surface area contributed by atoms with E-state index in [4.69, 9.17) is 4.74 Å². The molecule has 118 valence electrons. The summed E-state index contributed by atoms with van der Waals surface area (Å²) in [6.45, 7) is 8.65. The molecule has 1 aromatic rings. The number of amides is 1. The van der Waals surface area contributed by atoms with E-state index in [1.54, 1.807) is 13.3 Å². The third-order valence-corrected chi connectivity index (χ3v) is 4.15. The highest BCUT2D eigenvalue weighted by atomic mass is 16.5. The zero-order chi connectivity index (χ0) is 15.4. The molecule has 0 unspecified atom stereocenters. The summed E-state index contributed by atoms with van der Waals surface area (Å²) in [5.74, 6) is 0.0579. The smallest absolute Gasteiger partial charge is 0.222 e. The number of carbonyl (C=O) groups is 1. The van der Waals surface area contributed by atoms with Crippen LogP contribution in [0.5, 0.6) is 0 Å². The van der Waals surface area contributed by atoms with E-state index in [2.05, 4.69) is 29.2 Å². The number of aryl methyl sites for hydroxylation is 2. The number of methoxy groups -OCH3 is 1. The van der Waals surface area contributed by atoms with Crippen LogP contribution in [0, 0.1) is 6.92 Å². The molecule has 1 fully saturated rings. The molecular weight excluding hydrogens is 268 g/mol. The Bertz CT molecular complexity index is 472. The van der Waals surface area contributed by atoms with E-state index in [1.807, 2.05) is 17.7 Å². The van der Waals surface area contributed by atoms with Crippen molar-refractivity contribution in [3.63, 3.8) is 0 Å². The Hall–Kier alpha value is -1.40. The van der Waals surface area contributed by atoms with Crippen LogP contribution in [0.2, 0.25) is 0 Å². The molecule has 1 saturated heterocycles. The van der Waals surface area contributed by atoms with Crippen LogP contribution in [-0.2, 0) is 16.1 Å². The maximum Gasteiger partial charge on any atom is 0.222 e. The highest BCUT2D eigenvalue weighted by Crippen LogP contribution is 2.16. The zero-order valence-corrected chi connectivity index (χ0v) is 13.4. The molecule has 2 heterocycles. The molecule has 1 aliphatic heterocycles. The van der Waals surface area contributed by atoms with Crippen LogP contribution < -0.4 is 5.32 Å². The maximum absolute atomic E-state index is 12.1. The van der Waals surface area contributed by atoms with E-state index in [-0.39, 0.29) is 18.1 Å². The predicted octanol–water partition coefficient (Wildman–Crippen LogP) is 0.805. The van der Waals surface area contributed by atoms with E-state index in [0.29, 0.717) is 19.0 Å². The van der Waals surface area contributed by atoms with Gasteiger partial charge in [0.15, 0.2) is 0 Å². The number of rotatable bonds is 6. The van der Waals surface area contributed by atoms with Gasteiger partial charge in [-0.2, -0.15) is 5.10 Å². The second-order valence-corrected chi connectivity index (χ2v) is 5.94. The zero-order valence-electron chi connectivity index (χ0n) is 13.4. The van der Waals surface area contributed by atoms with Crippen molar-refractivity contribution >= 4 is 5.91 Å². The van der Waals surface area contributed by atoms with Crippen LogP contribution in [-0.4, -0.2) is 59.0 Å². The minimum atomic E-state index is 0.0579. The van der Waals surface area contributed by atoms with E-state index in [1.165, 1.54) is 0 Å². The van der Waals surface area contributed by atoms with Crippen LogP contribution in [0.1, 0.15) is 26.0 Å². The van der Waals surface area contributed by atoms with Crippen LogP contribution in [0.4, 0.5) is 0 Å². The Morgan fingerprint density at radius 3 is 2.86 bits per heavy atom. The normalized spacial score (nSPS) is 22.9. The quantitative estimate of drug-likeness (QED) is 0.843. The average molecular weight is 294 g/mol. The molecule has 1 aliphatic rings. The Kier molecular flexibility index (Phi) is 5.36. The molecule has 0 spiro atoms. The molecule has 1 N–H and O–H groups in total. The summed E-state index contributed by atoms with van der Waals surface area (Å²) in [6.07, 6.45) is 2.27. The van der Waals surface area contributed by atoms with Gasteiger partial charge in [0, 0.05) is 51.1 Å². The van der Waals surface area contributed by atoms with Gasteiger partial charge in [-0.25, -0.2) is 0 Å². The molecule has 21 heavy (non-hydrogen) atoms. The van der Waals surface area contributed by atoms with Gasteiger partial charge in [0.2, 0.25) is 5.91 Å². The van der Waals surface area contributed by atoms with Crippen molar-refractivity contribution in [3.8, 4) is 0 Å². The van der Waals surface area contributed by atoms with Crippen molar-refractivity contribution < 1.29 is 9.53 Å². The predicted molar refractivity (Wildman–Crippen MR) is 81.0 cm³/mol. The van der Waals surface area contributed by atoms with Gasteiger partial charge < -0.3 is 10.1 Å². The van der Waals surface area contributed by atoms with E-state index >= 15 is 0 Å². The fraction of sp³-hybridized carbons (Fsp3) is 0.733. The van der Waals surface area contributed by atoms with Crippen LogP contribution >= 0.6 is 0 Å². The fourth-order valence-electron chi connectivity index (χ4n) is 2.72. The first-order valence-corrected chi connectivity index (χ1v) is 7.56. The van der Waals surface area contributed by atoms with Crippen LogP contribution in [0.25, 0.3) is 0 Å². The Balaban J connectivity index is 1.83. The van der Waals surface area contributed by atoms with Crippen molar-refractivity contribution in [3.05, 3.63) is 18.0 Å². The molecule has 0 aliphatic carbocycles. The first-order chi connectivity index (χ1) is 10.0. The molecule has 2 rings (SSSR count). The van der Waals surface area contributed by atoms with Crippen LogP contribution in [0.15, 0.2) is 12.3 Å². The molecule has 1 aromatic heterocycles. The monoisotopic (exact) mass is 294 g/mol. The van der Waals surface area contributed by atoms with Gasteiger partial charge in [0.1, 0.15) is 0 Å². The largest absolute Gasteiger partial charge is 0.378 e. The highest BCUT2D eigenvalue weighted by molar-refractivity contribution is 5.76. The standard InChI is InChI=1S/C15H26N4O2/c1-11(2)18-9-13(14(10-18)21-4)17-15(20)6-8-19-12(3)5-7-16-19/h5,7,11,13-14H,6,8-10H2,1-4H3,(H,17,20)/t13-,14-/m0/s1. The molecule has 0 bridgehead atoms. The summed E-state index contributed by atoms with van der Waals surface area (Å²) in [6, 6.07) is 2.48. The Morgan fingerprint density at radius 2 is 2.29 bits per heavy atom. The third-order valence-electron chi connectivity index (χ3n) is 4.15. The molecule has 2 atom stereocenters. The lowest BCUT2D eigenvalue weighted by Gasteiger charge is -2.20. The van der Waals surface area contributed by atoms with Crippen molar-refractivity contribution in [2.75, 3.05) is 20.2 Å². The molecule has 0 saturated carbocycles. The van der Waals surface area contributed by atoms with Crippen molar-refractivity contribution in [2.24, 2.45) is 0 Å². The number of aromatic nitrogens is 2. The highest BCUT2D eigenvalue weighted by Gasteiger charge is 2.34. The van der Waals surface area contributed by atoms with Gasteiger partial charge in [-0.1, -0.05) is 0 Å². The van der Waals surface area contributed by atoms with E-state index in [0.717, 1.165) is 18.8 Å². The topological polar surface area (TPSA) is 59.4 Å². The number of carbonyl (C=O) groups excluding carboxylic acids is 1. The first-order valence-electron chi connectivity index (χ1n) is 7.56. The van der Waals surface area contributed by atoms with Crippen molar-refractivity contribution in [2.45, 2.75) is 51.9 Å². The number of nitrogens with one attached hydrogen (secondary N) is 1. The van der Waals surface area contributed by atoms with Gasteiger partial charge >= 0.3 is 0 Å². The van der Waals surface area contributed by atoms with Gasteiger partial charge in [-0.3, -0.25) is 14.4 Å². The average Bonchev–Trinajstić information content (AvgIpc) is 3.02. The van der Waals surface area contributed by atoms with Gasteiger partial charge in [0.05, 0.1) is 12.1 Å². The summed E-state index contributed by atoms with van der Waals surface area (Å²) in [5.41, 5.74) is 1.07. The maximum atomic E-state index is 12.1. The molecule has 0 aromatic carbocycles. The minimum absolute atomic E-state index is 0.0579. The SMILES string of the molecule is CO[C@H]1CN(C(C)C)C[C@@H]1NC(=O)CCn1nccc1C. The summed E-state index contributed by atoms with van der Waals surface area (Å²) < 4.78 is 7.35. The fourth-order valence-corrected chi connectivity index (χ4v) is 2.72. The third kappa shape index (κ3) is 4.04. The number of hydrogen-bond acceptors (Lipinski definition) is 4. The van der Waals surface area contributed by atoms with Gasteiger partial charge in [0.25, 0.3) is 0 Å². The molecule has 6 heteroatoms. The molecule has 1 amide bonds. The number of ether oxygens (including phenoxy) is 1. The molecule has 0 radical (unpaired) electrons. The second-order valence-electron chi connectivity index (χ2n) is 5.94. The summed E-state index contributed by atoms with van der Waals surface area (Å²) in [5, 5.41) is 7.29. The Morgan fingerprint density at radius 1 is 1.52 bits per heavy atom.